The van der Waals surface area contributed by atoms with Crippen LogP contribution >= 0.6 is 27.3 Å². The van der Waals surface area contributed by atoms with E-state index in [-0.39, 0.29) is 0 Å². The predicted molar refractivity (Wildman–Crippen MR) is 78.3 cm³/mol. The molecule has 0 aliphatic rings. The lowest BCUT2D eigenvalue weighted by Gasteiger charge is -2.13. The first kappa shape index (κ1) is 13.6. The smallest absolute Gasteiger partial charge is 0.119 e. The molecule has 0 saturated heterocycles. The predicted octanol–water partition coefficient (Wildman–Crippen LogP) is 4.19. The van der Waals surface area contributed by atoms with E-state index >= 15 is 0 Å². The number of hydrogen-bond acceptors (Lipinski definition) is 3. The average Bonchev–Trinajstić information content (AvgIpc) is 2.89. The molecule has 4 heteroatoms. The second kappa shape index (κ2) is 6.36. The number of methoxy groups -OCH3 is 1. The number of aryl methyl sites for hydroxylation is 1. The highest BCUT2D eigenvalue weighted by Crippen LogP contribution is 2.30. The summed E-state index contributed by atoms with van der Waals surface area (Å²) in [5.41, 5.74) is 2.16. The summed E-state index contributed by atoms with van der Waals surface area (Å²) in [4.78, 5) is 0. The largest absolute Gasteiger partial charge is 0.497 e. The Kier molecular flexibility index (Phi) is 4.80. The number of halogens is 1. The molecule has 1 aromatic carbocycles. The lowest BCUT2D eigenvalue weighted by atomic mass is 10.0. The standard InChI is InChI=1S/C14H15BrO2S/c1-17-11-3-4-13(15)12(8-11)14(16)5-2-10-6-7-18-9-10/h3-4,6-9,14,16H,2,5H2,1H3. The van der Waals surface area contributed by atoms with Gasteiger partial charge in [-0.15, -0.1) is 0 Å². The van der Waals surface area contributed by atoms with Crippen LogP contribution in [0, 0.1) is 0 Å². The van der Waals surface area contributed by atoms with Crippen LogP contribution in [-0.4, -0.2) is 12.2 Å². The average molecular weight is 327 g/mol. The van der Waals surface area contributed by atoms with E-state index in [2.05, 4.69) is 32.8 Å². The zero-order valence-corrected chi connectivity index (χ0v) is 12.5. The summed E-state index contributed by atoms with van der Waals surface area (Å²) >= 11 is 5.15. The fraction of sp³-hybridized carbons (Fsp3) is 0.286. The van der Waals surface area contributed by atoms with E-state index in [0.29, 0.717) is 6.42 Å². The number of thiophene rings is 1. The van der Waals surface area contributed by atoms with Crippen molar-refractivity contribution < 1.29 is 9.84 Å². The van der Waals surface area contributed by atoms with E-state index in [1.807, 2.05) is 18.2 Å². The van der Waals surface area contributed by atoms with Gasteiger partial charge in [0.05, 0.1) is 13.2 Å². The van der Waals surface area contributed by atoms with Gasteiger partial charge >= 0.3 is 0 Å². The molecule has 0 bridgehead atoms. The zero-order valence-electron chi connectivity index (χ0n) is 10.1. The molecule has 0 amide bonds. The molecule has 96 valence electrons. The summed E-state index contributed by atoms with van der Waals surface area (Å²) in [7, 11) is 1.63. The molecule has 0 saturated carbocycles. The van der Waals surface area contributed by atoms with Gasteiger partial charge in [0.1, 0.15) is 5.75 Å². The summed E-state index contributed by atoms with van der Waals surface area (Å²) in [5.74, 6) is 0.766. The lowest BCUT2D eigenvalue weighted by molar-refractivity contribution is 0.166. The summed E-state index contributed by atoms with van der Waals surface area (Å²) in [6.45, 7) is 0. The molecule has 2 aromatic rings. The summed E-state index contributed by atoms with van der Waals surface area (Å²) in [6.07, 6.45) is 1.12. The first-order chi connectivity index (χ1) is 8.70. The third-order valence-electron chi connectivity index (χ3n) is 2.85. The number of ether oxygens (including phenoxy) is 1. The molecule has 1 heterocycles. The maximum absolute atomic E-state index is 10.2. The van der Waals surface area contributed by atoms with E-state index in [1.54, 1.807) is 18.4 Å². The van der Waals surface area contributed by atoms with Gasteiger partial charge < -0.3 is 9.84 Å². The molecule has 0 fully saturated rings. The molecule has 0 radical (unpaired) electrons. The van der Waals surface area contributed by atoms with Crippen LogP contribution in [0.25, 0.3) is 0 Å². The number of rotatable bonds is 5. The van der Waals surface area contributed by atoms with Crippen LogP contribution in [-0.2, 0) is 6.42 Å². The normalized spacial score (nSPS) is 12.4. The molecule has 0 aliphatic carbocycles. The van der Waals surface area contributed by atoms with Crippen molar-refractivity contribution in [1.82, 2.24) is 0 Å². The van der Waals surface area contributed by atoms with Gasteiger partial charge in [-0.05, 0) is 59.0 Å². The molecule has 0 spiro atoms. The first-order valence-electron chi connectivity index (χ1n) is 5.73. The van der Waals surface area contributed by atoms with Crippen LogP contribution in [0.2, 0.25) is 0 Å². The monoisotopic (exact) mass is 326 g/mol. The van der Waals surface area contributed by atoms with Crippen molar-refractivity contribution in [3.8, 4) is 5.75 Å². The van der Waals surface area contributed by atoms with Crippen LogP contribution in [0.3, 0.4) is 0 Å². The Morgan fingerprint density at radius 2 is 2.22 bits per heavy atom. The molecular weight excluding hydrogens is 312 g/mol. The van der Waals surface area contributed by atoms with Crippen LogP contribution in [0.5, 0.6) is 5.75 Å². The van der Waals surface area contributed by atoms with E-state index in [4.69, 9.17) is 4.74 Å². The van der Waals surface area contributed by atoms with Gasteiger partial charge in [-0.3, -0.25) is 0 Å². The van der Waals surface area contributed by atoms with E-state index in [1.165, 1.54) is 5.56 Å². The number of aliphatic hydroxyl groups is 1. The minimum absolute atomic E-state index is 0.477. The maximum Gasteiger partial charge on any atom is 0.119 e. The van der Waals surface area contributed by atoms with Crippen molar-refractivity contribution in [3.63, 3.8) is 0 Å². The molecule has 1 aromatic heterocycles. The molecule has 2 rings (SSSR count). The van der Waals surface area contributed by atoms with Gasteiger partial charge in [0, 0.05) is 4.47 Å². The third-order valence-corrected chi connectivity index (χ3v) is 4.30. The number of benzene rings is 1. The van der Waals surface area contributed by atoms with Gasteiger partial charge in [0.15, 0.2) is 0 Å². The Labute approximate surface area is 119 Å². The summed E-state index contributed by atoms with van der Waals surface area (Å²) < 4.78 is 6.10. The maximum atomic E-state index is 10.2. The second-order valence-electron chi connectivity index (χ2n) is 4.07. The van der Waals surface area contributed by atoms with Gasteiger partial charge in [-0.1, -0.05) is 15.9 Å². The van der Waals surface area contributed by atoms with Gasteiger partial charge in [-0.2, -0.15) is 11.3 Å². The summed E-state index contributed by atoms with van der Waals surface area (Å²) in [5, 5.41) is 14.4. The fourth-order valence-electron chi connectivity index (χ4n) is 1.80. The van der Waals surface area contributed by atoms with Crippen molar-refractivity contribution >= 4 is 27.3 Å². The number of hydrogen-bond donors (Lipinski definition) is 1. The quantitative estimate of drug-likeness (QED) is 0.892. The topological polar surface area (TPSA) is 29.5 Å². The SMILES string of the molecule is COc1ccc(Br)c(C(O)CCc2ccsc2)c1. The van der Waals surface area contributed by atoms with Crippen molar-refractivity contribution in [1.29, 1.82) is 0 Å². The molecule has 18 heavy (non-hydrogen) atoms. The number of aliphatic hydroxyl groups excluding tert-OH is 1. The third kappa shape index (κ3) is 3.34. The van der Waals surface area contributed by atoms with Gasteiger partial charge in [0.25, 0.3) is 0 Å². The second-order valence-corrected chi connectivity index (χ2v) is 5.71. The van der Waals surface area contributed by atoms with E-state index < -0.39 is 6.10 Å². The van der Waals surface area contributed by atoms with Crippen molar-refractivity contribution in [2.24, 2.45) is 0 Å². The fourth-order valence-corrected chi connectivity index (χ4v) is 3.01. The molecule has 1 atom stereocenters. The minimum atomic E-state index is -0.477. The molecule has 1 N–H and O–H groups in total. The van der Waals surface area contributed by atoms with Gasteiger partial charge in [-0.25, -0.2) is 0 Å². The van der Waals surface area contributed by atoms with Crippen molar-refractivity contribution in [3.05, 3.63) is 50.6 Å². The van der Waals surface area contributed by atoms with Crippen molar-refractivity contribution in [2.45, 2.75) is 18.9 Å². The minimum Gasteiger partial charge on any atom is -0.497 e. The molecule has 1 unspecified atom stereocenters. The van der Waals surface area contributed by atoms with E-state index in [9.17, 15) is 5.11 Å². The van der Waals surface area contributed by atoms with Crippen LogP contribution in [0.4, 0.5) is 0 Å². The Morgan fingerprint density at radius 3 is 2.89 bits per heavy atom. The highest BCUT2D eigenvalue weighted by molar-refractivity contribution is 9.10. The Morgan fingerprint density at radius 1 is 1.39 bits per heavy atom. The molecule has 0 aliphatic heterocycles. The lowest BCUT2D eigenvalue weighted by Crippen LogP contribution is -2.01. The van der Waals surface area contributed by atoms with E-state index in [0.717, 1.165) is 22.2 Å². The Hall–Kier alpha value is -0.840. The van der Waals surface area contributed by atoms with Gasteiger partial charge in [0.2, 0.25) is 0 Å². The van der Waals surface area contributed by atoms with Crippen LogP contribution < -0.4 is 4.74 Å². The zero-order chi connectivity index (χ0) is 13.0. The highest BCUT2D eigenvalue weighted by atomic mass is 79.9. The summed E-state index contributed by atoms with van der Waals surface area (Å²) in [6, 6.07) is 7.75. The van der Waals surface area contributed by atoms with Crippen LogP contribution in [0.15, 0.2) is 39.5 Å². The van der Waals surface area contributed by atoms with Crippen LogP contribution in [0.1, 0.15) is 23.7 Å². The first-order valence-corrected chi connectivity index (χ1v) is 7.47. The van der Waals surface area contributed by atoms with Crippen molar-refractivity contribution in [2.75, 3.05) is 7.11 Å². The molecular formula is C14H15BrO2S. The molecule has 2 nitrogen and oxygen atoms in total. The Balaban J connectivity index is 2.05. The highest BCUT2D eigenvalue weighted by Gasteiger charge is 2.12. The Bertz CT molecular complexity index is 497.